The molecule has 7 nitrogen and oxygen atoms in total. The number of aromatic nitrogens is 2. The Balaban J connectivity index is 1.53. The molecule has 0 saturated carbocycles. The van der Waals surface area contributed by atoms with Crippen molar-refractivity contribution in [2.24, 2.45) is 0 Å². The predicted octanol–water partition coefficient (Wildman–Crippen LogP) is 7.50. The number of carboxylic acids is 1. The van der Waals surface area contributed by atoms with Crippen molar-refractivity contribution in [1.29, 1.82) is 0 Å². The van der Waals surface area contributed by atoms with Crippen molar-refractivity contribution in [3.63, 3.8) is 0 Å². The molecule has 1 atom stereocenters. The molecule has 1 aromatic heterocycles. The topological polar surface area (TPSA) is 93.5 Å². The first-order chi connectivity index (χ1) is 21.3. The lowest BCUT2D eigenvalue weighted by molar-refractivity contribution is -0.274. The number of halogens is 6. The van der Waals surface area contributed by atoms with Crippen LogP contribution in [0.3, 0.4) is 0 Å². The number of benzene rings is 4. The number of nitrogens with zero attached hydrogens (tertiary/aromatic N) is 2. The van der Waals surface area contributed by atoms with Crippen molar-refractivity contribution in [3.8, 4) is 28.3 Å². The molecule has 13 heteroatoms. The van der Waals surface area contributed by atoms with E-state index in [1.165, 1.54) is 18.2 Å². The molecule has 0 spiro atoms. The highest BCUT2D eigenvalue weighted by Crippen LogP contribution is 2.35. The summed E-state index contributed by atoms with van der Waals surface area (Å²) < 4.78 is 85.6. The summed E-state index contributed by atoms with van der Waals surface area (Å²) in [5.74, 6) is -6.31. The van der Waals surface area contributed by atoms with Crippen LogP contribution in [-0.4, -0.2) is 39.7 Å². The molecule has 5 rings (SSSR count). The average molecular weight is 628 g/mol. The molecule has 0 saturated heterocycles. The third kappa shape index (κ3) is 7.08. The molecule has 2 N–H and O–H groups in total. The minimum atomic E-state index is -4.85. The zero-order valence-electron chi connectivity index (χ0n) is 23.3. The Morgan fingerprint density at radius 2 is 1.53 bits per heavy atom. The van der Waals surface area contributed by atoms with E-state index in [4.69, 9.17) is 5.11 Å². The molecular formula is C32H23F6N3O4. The van der Waals surface area contributed by atoms with Crippen LogP contribution in [0.4, 0.5) is 26.3 Å². The number of fused-ring (bicyclic) bond motifs is 1. The molecule has 1 heterocycles. The van der Waals surface area contributed by atoms with E-state index in [0.29, 0.717) is 33.2 Å². The van der Waals surface area contributed by atoms with Gasteiger partial charge in [0.1, 0.15) is 5.75 Å². The van der Waals surface area contributed by atoms with Crippen LogP contribution in [0, 0.1) is 17.5 Å². The van der Waals surface area contributed by atoms with Crippen LogP contribution in [0.5, 0.6) is 5.75 Å². The molecule has 0 radical (unpaired) electrons. The second kappa shape index (κ2) is 12.3. The smallest absolute Gasteiger partial charge is 0.481 e. The maximum atomic E-state index is 14.1. The molecule has 4 aromatic carbocycles. The van der Waals surface area contributed by atoms with Crippen molar-refractivity contribution in [2.75, 3.05) is 6.54 Å². The van der Waals surface area contributed by atoms with Gasteiger partial charge in [-0.3, -0.25) is 14.3 Å². The van der Waals surface area contributed by atoms with E-state index in [0.717, 1.165) is 12.1 Å². The largest absolute Gasteiger partial charge is 0.573 e. The Morgan fingerprint density at radius 1 is 0.889 bits per heavy atom. The Bertz CT molecular complexity index is 1880. The summed E-state index contributed by atoms with van der Waals surface area (Å²) in [4.78, 5) is 23.1. The first-order valence-electron chi connectivity index (χ1n) is 13.4. The van der Waals surface area contributed by atoms with Crippen LogP contribution in [0.25, 0.3) is 33.3 Å². The van der Waals surface area contributed by atoms with E-state index in [9.17, 15) is 35.9 Å². The van der Waals surface area contributed by atoms with Gasteiger partial charge in [-0.15, -0.1) is 13.2 Å². The molecule has 45 heavy (non-hydrogen) atoms. The molecule has 1 amide bonds. The number of ether oxygens (including phenoxy) is 1. The normalized spacial score (nSPS) is 12.2. The lowest BCUT2D eigenvalue weighted by Gasteiger charge is -2.17. The van der Waals surface area contributed by atoms with E-state index < -0.39 is 41.7 Å². The van der Waals surface area contributed by atoms with Gasteiger partial charge in [0.05, 0.1) is 23.9 Å². The number of carboxylic acid groups (broad SMARTS) is 1. The number of hydrogen-bond donors (Lipinski definition) is 2. The SMILES string of the molecule is C[C@@H](c1ccc(C(=O)NCCC(=O)O)cc1)n1nc(-c2cc(F)c(F)c(F)c2)cc1-c1ccc2cc(OC(F)(F)F)ccc2c1. The van der Waals surface area contributed by atoms with E-state index in [-0.39, 0.29) is 30.0 Å². The molecule has 0 aliphatic heterocycles. The van der Waals surface area contributed by atoms with Crippen molar-refractivity contribution in [2.45, 2.75) is 25.7 Å². The maximum absolute atomic E-state index is 14.1. The lowest BCUT2D eigenvalue weighted by Crippen LogP contribution is -2.26. The lowest BCUT2D eigenvalue weighted by atomic mass is 10.0. The fraction of sp³-hybridized carbons (Fsp3) is 0.156. The van der Waals surface area contributed by atoms with Gasteiger partial charge in [0.2, 0.25) is 0 Å². The molecule has 0 aliphatic carbocycles. The van der Waals surface area contributed by atoms with E-state index in [1.807, 2.05) is 0 Å². The van der Waals surface area contributed by atoms with Crippen LogP contribution in [0.15, 0.2) is 78.9 Å². The monoisotopic (exact) mass is 627 g/mol. The fourth-order valence-electron chi connectivity index (χ4n) is 4.77. The van der Waals surface area contributed by atoms with E-state index in [2.05, 4.69) is 15.2 Å². The van der Waals surface area contributed by atoms with Crippen molar-refractivity contribution >= 4 is 22.6 Å². The summed E-state index contributed by atoms with van der Waals surface area (Å²) in [5, 5.41) is 16.9. The van der Waals surface area contributed by atoms with Crippen molar-refractivity contribution < 1.29 is 45.8 Å². The van der Waals surface area contributed by atoms with Gasteiger partial charge in [0, 0.05) is 23.2 Å². The van der Waals surface area contributed by atoms with Gasteiger partial charge < -0.3 is 15.2 Å². The number of alkyl halides is 3. The van der Waals surface area contributed by atoms with E-state index >= 15 is 0 Å². The number of aliphatic carboxylic acids is 1. The van der Waals surface area contributed by atoms with Crippen LogP contribution >= 0.6 is 0 Å². The van der Waals surface area contributed by atoms with Crippen molar-refractivity contribution in [1.82, 2.24) is 15.1 Å². The number of carbonyl (C=O) groups is 2. The van der Waals surface area contributed by atoms with Gasteiger partial charge in [-0.25, -0.2) is 13.2 Å². The highest BCUT2D eigenvalue weighted by Gasteiger charge is 2.31. The standard InChI is InChI=1S/C32H23F6N3O4/c1-17(18-2-4-19(5-3-18)31(44)39-11-10-29(42)43)41-28(16-27(40-41)23-14-25(33)30(35)26(34)15-23)22-7-6-21-13-24(45-32(36,37)38)9-8-20(21)12-22/h2-9,12-17H,10-11H2,1H3,(H,39,44)(H,42,43)/t17-/m0/s1. The first-order valence-corrected chi connectivity index (χ1v) is 13.4. The van der Waals surface area contributed by atoms with E-state index in [1.54, 1.807) is 60.1 Å². The average Bonchev–Trinajstić information content (AvgIpc) is 3.43. The summed E-state index contributed by atoms with van der Waals surface area (Å²) >= 11 is 0. The number of hydrogen-bond acceptors (Lipinski definition) is 4. The second-order valence-electron chi connectivity index (χ2n) is 10.1. The summed E-state index contributed by atoms with van der Waals surface area (Å²) in [7, 11) is 0. The molecule has 0 unspecified atom stereocenters. The van der Waals surface area contributed by atoms with Gasteiger partial charge >= 0.3 is 12.3 Å². The maximum Gasteiger partial charge on any atom is 0.573 e. The fourth-order valence-corrected chi connectivity index (χ4v) is 4.77. The van der Waals surface area contributed by atoms with Gasteiger partial charge in [-0.1, -0.05) is 30.3 Å². The Kier molecular flexibility index (Phi) is 8.53. The van der Waals surface area contributed by atoms with Gasteiger partial charge in [-0.05, 0) is 71.8 Å². The molecule has 232 valence electrons. The molecular weight excluding hydrogens is 604 g/mol. The minimum absolute atomic E-state index is 0.0262. The number of nitrogens with one attached hydrogen (secondary N) is 1. The quantitative estimate of drug-likeness (QED) is 0.130. The van der Waals surface area contributed by atoms with Crippen LogP contribution in [0.2, 0.25) is 0 Å². The summed E-state index contributed by atoms with van der Waals surface area (Å²) in [6.45, 7) is 1.74. The van der Waals surface area contributed by atoms with Crippen LogP contribution in [-0.2, 0) is 4.79 Å². The number of carbonyl (C=O) groups excluding carboxylic acids is 1. The molecule has 0 fully saturated rings. The number of rotatable bonds is 9. The summed E-state index contributed by atoms with van der Waals surface area (Å²) in [6.07, 6.45) is -5.08. The summed E-state index contributed by atoms with van der Waals surface area (Å²) in [5.41, 5.74) is 2.10. The minimum Gasteiger partial charge on any atom is -0.481 e. The first kappa shape index (κ1) is 31.1. The Labute approximate surface area is 251 Å². The third-order valence-corrected chi connectivity index (χ3v) is 7.00. The van der Waals surface area contributed by atoms with Gasteiger partial charge in [-0.2, -0.15) is 5.10 Å². The van der Waals surface area contributed by atoms with Gasteiger partial charge in [0.25, 0.3) is 5.91 Å². The predicted molar refractivity (Wildman–Crippen MR) is 152 cm³/mol. The highest BCUT2D eigenvalue weighted by molar-refractivity contribution is 5.94. The molecule has 0 aliphatic rings. The molecule has 0 bridgehead atoms. The Hall–Kier alpha value is -5.33. The van der Waals surface area contributed by atoms with Crippen molar-refractivity contribution in [3.05, 3.63) is 107 Å². The van der Waals surface area contributed by atoms with Crippen LogP contribution in [0.1, 0.15) is 35.3 Å². The highest BCUT2D eigenvalue weighted by atomic mass is 19.4. The van der Waals surface area contributed by atoms with Crippen LogP contribution < -0.4 is 10.1 Å². The summed E-state index contributed by atoms with van der Waals surface area (Å²) in [6, 6.07) is 17.9. The molecule has 5 aromatic rings. The second-order valence-corrected chi connectivity index (χ2v) is 10.1. The zero-order chi connectivity index (χ0) is 32.5. The number of amides is 1. The zero-order valence-corrected chi connectivity index (χ0v) is 23.3. The van der Waals surface area contributed by atoms with Gasteiger partial charge in [0.15, 0.2) is 17.5 Å². The Morgan fingerprint density at radius 3 is 2.18 bits per heavy atom. The third-order valence-electron chi connectivity index (χ3n) is 7.00.